The van der Waals surface area contributed by atoms with Crippen LogP contribution in [0, 0.1) is 11.8 Å². The van der Waals surface area contributed by atoms with Crippen molar-refractivity contribution < 1.29 is 9.59 Å². The maximum Gasteiger partial charge on any atom is 0.242 e. The lowest BCUT2D eigenvalue weighted by atomic mass is 9.88. The van der Waals surface area contributed by atoms with Crippen molar-refractivity contribution in [2.24, 2.45) is 18.9 Å². The topological polar surface area (TPSA) is 45.6 Å². The van der Waals surface area contributed by atoms with Crippen LogP contribution in [0.4, 0.5) is 0 Å². The summed E-state index contributed by atoms with van der Waals surface area (Å²) in [6, 6.07) is 4.09. The summed E-state index contributed by atoms with van der Waals surface area (Å²) in [4.78, 5) is 29.9. The van der Waals surface area contributed by atoms with Gasteiger partial charge in [0.2, 0.25) is 11.8 Å². The summed E-state index contributed by atoms with van der Waals surface area (Å²) in [6.45, 7) is 9.75. The fourth-order valence-corrected chi connectivity index (χ4v) is 3.90. The lowest BCUT2D eigenvalue weighted by Gasteiger charge is -2.34. The summed E-state index contributed by atoms with van der Waals surface area (Å²) in [5, 5.41) is 0. The summed E-state index contributed by atoms with van der Waals surface area (Å²) < 4.78 is 2.05. The van der Waals surface area contributed by atoms with Gasteiger partial charge in [0.25, 0.3) is 0 Å². The fraction of sp³-hybridized carbons (Fsp3) is 0.727. The van der Waals surface area contributed by atoms with Gasteiger partial charge >= 0.3 is 0 Å². The van der Waals surface area contributed by atoms with Crippen LogP contribution < -0.4 is 0 Å². The van der Waals surface area contributed by atoms with Crippen molar-refractivity contribution in [2.45, 2.75) is 72.4 Å². The van der Waals surface area contributed by atoms with Gasteiger partial charge in [0.1, 0.15) is 0 Å². The molecular weight excluding hydrogens is 338 g/mol. The van der Waals surface area contributed by atoms with E-state index < -0.39 is 0 Å². The second-order valence-electron chi connectivity index (χ2n) is 8.67. The van der Waals surface area contributed by atoms with Crippen molar-refractivity contribution in [3.63, 3.8) is 0 Å². The predicted molar refractivity (Wildman–Crippen MR) is 109 cm³/mol. The molecule has 1 aliphatic carbocycles. The van der Waals surface area contributed by atoms with E-state index in [0.29, 0.717) is 19.0 Å². The van der Waals surface area contributed by atoms with Crippen molar-refractivity contribution in [3.05, 3.63) is 24.0 Å². The highest BCUT2D eigenvalue weighted by Gasteiger charge is 2.30. The van der Waals surface area contributed by atoms with Crippen LogP contribution in [-0.2, 0) is 23.2 Å². The van der Waals surface area contributed by atoms with Gasteiger partial charge in [-0.1, -0.05) is 33.1 Å². The summed E-state index contributed by atoms with van der Waals surface area (Å²) in [5.74, 6) is 0.695. The molecule has 1 aromatic rings. The molecular formula is C22H37N3O2. The Kier molecular flexibility index (Phi) is 7.93. The second kappa shape index (κ2) is 9.95. The largest absolute Gasteiger partial charge is 0.353 e. The van der Waals surface area contributed by atoms with Gasteiger partial charge in [-0.05, 0) is 44.7 Å². The average molecular weight is 376 g/mol. The van der Waals surface area contributed by atoms with E-state index in [1.54, 1.807) is 4.90 Å². The molecule has 27 heavy (non-hydrogen) atoms. The van der Waals surface area contributed by atoms with Crippen molar-refractivity contribution in [1.82, 2.24) is 14.4 Å². The molecule has 2 rings (SSSR count). The van der Waals surface area contributed by atoms with Crippen LogP contribution >= 0.6 is 0 Å². The molecule has 1 fully saturated rings. The monoisotopic (exact) mass is 375 g/mol. The lowest BCUT2D eigenvalue weighted by Crippen LogP contribution is -2.48. The first-order chi connectivity index (χ1) is 12.8. The zero-order valence-electron chi connectivity index (χ0n) is 17.8. The Bertz CT molecular complexity index is 615. The van der Waals surface area contributed by atoms with Crippen LogP contribution in [0.5, 0.6) is 0 Å². The lowest BCUT2D eigenvalue weighted by molar-refractivity contribution is -0.145. The van der Waals surface area contributed by atoms with Crippen molar-refractivity contribution in [2.75, 3.05) is 13.1 Å². The summed E-state index contributed by atoms with van der Waals surface area (Å²) in [6.07, 6.45) is 7.42. The number of amides is 2. The highest BCUT2D eigenvalue weighted by atomic mass is 16.2. The number of hydrogen-bond donors (Lipinski definition) is 0. The third-order valence-electron chi connectivity index (χ3n) is 5.51. The molecule has 0 atom stereocenters. The van der Waals surface area contributed by atoms with Crippen LogP contribution in [-0.4, -0.2) is 45.3 Å². The number of carbonyl (C=O) groups excluding carboxylic acids is 2. The maximum atomic E-state index is 13.1. The fourth-order valence-electron chi connectivity index (χ4n) is 3.90. The summed E-state index contributed by atoms with van der Waals surface area (Å²) >= 11 is 0. The summed E-state index contributed by atoms with van der Waals surface area (Å²) in [5.41, 5.74) is 1.11. The van der Waals surface area contributed by atoms with Crippen molar-refractivity contribution >= 4 is 11.8 Å². The van der Waals surface area contributed by atoms with Gasteiger partial charge in [-0.15, -0.1) is 0 Å². The summed E-state index contributed by atoms with van der Waals surface area (Å²) in [7, 11) is 2.00. The van der Waals surface area contributed by atoms with E-state index >= 15 is 0 Å². The Morgan fingerprint density at radius 3 is 2.33 bits per heavy atom. The zero-order chi connectivity index (χ0) is 20.0. The first-order valence-corrected chi connectivity index (χ1v) is 10.5. The van der Waals surface area contributed by atoms with Gasteiger partial charge in [0, 0.05) is 37.4 Å². The van der Waals surface area contributed by atoms with E-state index in [1.807, 2.05) is 48.7 Å². The molecule has 2 amide bonds. The van der Waals surface area contributed by atoms with Gasteiger partial charge in [-0.2, -0.15) is 0 Å². The first kappa shape index (κ1) is 21.5. The second-order valence-corrected chi connectivity index (χ2v) is 8.67. The molecule has 1 saturated carbocycles. The molecule has 0 aromatic carbocycles. The Morgan fingerprint density at radius 2 is 1.81 bits per heavy atom. The van der Waals surface area contributed by atoms with Crippen molar-refractivity contribution in [1.29, 1.82) is 0 Å². The van der Waals surface area contributed by atoms with Crippen LogP contribution in [0.15, 0.2) is 18.3 Å². The van der Waals surface area contributed by atoms with Crippen LogP contribution in [0.2, 0.25) is 0 Å². The van der Waals surface area contributed by atoms with Gasteiger partial charge in [0.05, 0.1) is 13.1 Å². The van der Waals surface area contributed by atoms with E-state index in [0.717, 1.165) is 31.4 Å². The highest BCUT2D eigenvalue weighted by Crippen LogP contribution is 2.26. The molecule has 0 unspecified atom stereocenters. The Hall–Kier alpha value is -1.78. The Labute approximate surface area is 164 Å². The van der Waals surface area contributed by atoms with E-state index in [-0.39, 0.29) is 30.3 Å². The molecule has 152 valence electrons. The molecule has 0 bridgehead atoms. The molecule has 0 N–H and O–H groups in total. The number of rotatable bonds is 8. The van der Waals surface area contributed by atoms with Gasteiger partial charge in [-0.3, -0.25) is 9.59 Å². The van der Waals surface area contributed by atoms with E-state index in [9.17, 15) is 9.59 Å². The van der Waals surface area contributed by atoms with E-state index in [2.05, 4.69) is 13.8 Å². The van der Waals surface area contributed by atoms with Gasteiger partial charge < -0.3 is 14.4 Å². The minimum Gasteiger partial charge on any atom is -0.353 e. The van der Waals surface area contributed by atoms with Crippen molar-refractivity contribution in [3.8, 4) is 0 Å². The molecule has 0 spiro atoms. The number of aromatic nitrogens is 1. The normalized spacial score (nSPS) is 15.4. The number of carbonyl (C=O) groups is 2. The van der Waals surface area contributed by atoms with Crippen LogP contribution in [0.3, 0.4) is 0 Å². The molecule has 1 aliphatic rings. The smallest absolute Gasteiger partial charge is 0.242 e. The molecule has 0 radical (unpaired) electrons. The van der Waals surface area contributed by atoms with E-state index in [4.69, 9.17) is 0 Å². The minimum atomic E-state index is 0.0410. The molecule has 1 heterocycles. The molecule has 0 aliphatic heterocycles. The zero-order valence-corrected chi connectivity index (χ0v) is 17.8. The Morgan fingerprint density at radius 1 is 1.15 bits per heavy atom. The maximum absolute atomic E-state index is 13.1. The number of nitrogens with zero attached hydrogens (tertiary/aromatic N) is 3. The average Bonchev–Trinajstić information content (AvgIpc) is 3.03. The van der Waals surface area contributed by atoms with Crippen LogP contribution in [0.1, 0.15) is 65.5 Å². The molecule has 0 saturated heterocycles. The molecule has 1 aromatic heterocycles. The molecule has 5 nitrogen and oxygen atoms in total. The Balaban J connectivity index is 2.09. The third kappa shape index (κ3) is 6.12. The first-order valence-electron chi connectivity index (χ1n) is 10.5. The van der Waals surface area contributed by atoms with Gasteiger partial charge in [0.15, 0.2) is 0 Å². The minimum absolute atomic E-state index is 0.0410. The highest BCUT2D eigenvalue weighted by molar-refractivity contribution is 5.86. The van der Waals surface area contributed by atoms with Crippen LogP contribution in [0.25, 0.3) is 0 Å². The molecule has 5 heteroatoms. The quantitative estimate of drug-likeness (QED) is 0.693. The standard InChI is InChI=1S/C22H37N3O2/c1-17(2)14-24(15-20-12-9-13-23(20)5)21(26)16-25(18(3)4)22(27)19-10-7-6-8-11-19/h9,12-13,17-19H,6-8,10-11,14-16H2,1-5H3. The SMILES string of the molecule is CC(C)CN(Cc1cccn1C)C(=O)CN(C(=O)C1CCCCC1)C(C)C. The predicted octanol–water partition coefficient (Wildman–Crippen LogP) is 3.83. The number of hydrogen-bond acceptors (Lipinski definition) is 2. The number of aryl methyl sites for hydroxylation is 1. The van der Waals surface area contributed by atoms with E-state index in [1.165, 1.54) is 6.42 Å². The van der Waals surface area contributed by atoms with Gasteiger partial charge in [-0.25, -0.2) is 0 Å². The third-order valence-corrected chi connectivity index (χ3v) is 5.51.